The highest BCUT2D eigenvalue weighted by molar-refractivity contribution is 5.80. The SMILES string of the molecule is CN1CCCC1C1CCCN1C(=O)C1CCN(c2cnccn2)CC1. The van der Waals surface area contributed by atoms with Crippen LogP contribution < -0.4 is 4.90 Å². The van der Waals surface area contributed by atoms with Crippen LogP contribution in [0.5, 0.6) is 0 Å². The number of amides is 1. The van der Waals surface area contributed by atoms with Gasteiger partial charge in [0, 0.05) is 50.0 Å². The van der Waals surface area contributed by atoms with E-state index in [1.54, 1.807) is 12.4 Å². The highest BCUT2D eigenvalue weighted by atomic mass is 16.2. The van der Waals surface area contributed by atoms with Gasteiger partial charge in [0.2, 0.25) is 5.91 Å². The maximum Gasteiger partial charge on any atom is 0.226 e. The Hall–Kier alpha value is -1.69. The summed E-state index contributed by atoms with van der Waals surface area (Å²) in [5.41, 5.74) is 0. The monoisotopic (exact) mass is 343 g/mol. The number of anilines is 1. The molecule has 0 aliphatic carbocycles. The Bertz CT molecular complexity index is 587. The lowest BCUT2D eigenvalue weighted by Gasteiger charge is -2.38. The van der Waals surface area contributed by atoms with Crippen LogP contribution in [0, 0.1) is 5.92 Å². The number of likely N-dealkylation sites (tertiary alicyclic amines) is 2. The summed E-state index contributed by atoms with van der Waals surface area (Å²) in [4.78, 5) is 28.7. The van der Waals surface area contributed by atoms with Crippen LogP contribution in [0.3, 0.4) is 0 Å². The minimum atomic E-state index is 0.181. The van der Waals surface area contributed by atoms with Crippen molar-refractivity contribution >= 4 is 11.7 Å². The van der Waals surface area contributed by atoms with Gasteiger partial charge < -0.3 is 14.7 Å². The van der Waals surface area contributed by atoms with Crippen molar-refractivity contribution in [1.29, 1.82) is 0 Å². The lowest BCUT2D eigenvalue weighted by Crippen LogP contribution is -2.50. The van der Waals surface area contributed by atoms with Gasteiger partial charge in [0.25, 0.3) is 0 Å². The summed E-state index contributed by atoms with van der Waals surface area (Å²) >= 11 is 0. The lowest BCUT2D eigenvalue weighted by atomic mass is 9.94. The standard InChI is InChI=1S/C19H29N5O/c1-22-10-2-4-16(22)17-5-3-11-24(17)19(25)15-6-12-23(13-7-15)18-14-20-8-9-21-18/h8-9,14-17H,2-7,10-13H2,1H3. The summed E-state index contributed by atoms with van der Waals surface area (Å²) < 4.78 is 0. The second-order valence-electron chi connectivity index (χ2n) is 7.76. The number of carbonyl (C=O) groups excluding carboxylic acids is 1. The predicted octanol–water partition coefficient (Wildman–Crippen LogP) is 1.78. The fraction of sp³-hybridized carbons (Fsp3) is 0.737. The zero-order chi connectivity index (χ0) is 17.2. The molecule has 6 heteroatoms. The Labute approximate surface area is 150 Å². The largest absolute Gasteiger partial charge is 0.355 e. The molecule has 0 radical (unpaired) electrons. The van der Waals surface area contributed by atoms with E-state index in [0.29, 0.717) is 18.0 Å². The summed E-state index contributed by atoms with van der Waals surface area (Å²) in [6.07, 6.45) is 12.0. The van der Waals surface area contributed by atoms with E-state index in [9.17, 15) is 4.79 Å². The van der Waals surface area contributed by atoms with E-state index in [1.165, 1.54) is 32.2 Å². The highest BCUT2D eigenvalue weighted by Crippen LogP contribution is 2.32. The van der Waals surface area contributed by atoms with Gasteiger partial charge >= 0.3 is 0 Å². The first-order valence-corrected chi connectivity index (χ1v) is 9.76. The van der Waals surface area contributed by atoms with Crippen molar-refractivity contribution < 1.29 is 4.79 Å². The van der Waals surface area contributed by atoms with Crippen LogP contribution in [0.25, 0.3) is 0 Å². The van der Waals surface area contributed by atoms with E-state index in [2.05, 4.69) is 31.7 Å². The van der Waals surface area contributed by atoms with Gasteiger partial charge in [-0.1, -0.05) is 0 Å². The first kappa shape index (κ1) is 16.8. The van der Waals surface area contributed by atoms with Crippen molar-refractivity contribution in [2.24, 2.45) is 5.92 Å². The van der Waals surface area contributed by atoms with Gasteiger partial charge in [-0.3, -0.25) is 9.78 Å². The quantitative estimate of drug-likeness (QED) is 0.837. The Morgan fingerprint density at radius 2 is 1.76 bits per heavy atom. The van der Waals surface area contributed by atoms with Crippen LogP contribution in [0.4, 0.5) is 5.82 Å². The van der Waals surface area contributed by atoms with Gasteiger partial charge in [0.1, 0.15) is 5.82 Å². The molecule has 1 amide bonds. The second kappa shape index (κ2) is 7.28. The average molecular weight is 343 g/mol. The zero-order valence-electron chi connectivity index (χ0n) is 15.2. The topological polar surface area (TPSA) is 52.6 Å². The summed E-state index contributed by atoms with van der Waals surface area (Å²) in [5, 5.41) is 0. The zero-order valence-corrected chi connectivity index (χ0v) is 15.2. The third-order valence-electron chi connectivity index (χ3n) is 6.32. The molecule has 1 aromatic heterocycles. The molecular formula is C19H29N5O. The van der Waals surface area contributed by atoms with Crippen LogP contribution in [-0.4, -0.2) is 71.0 Å². The molecule has 6 nitrogen and oxygen atoms in total. The number of hydrogen-bond acceptors (Lipinski definition) is 5. The number of piperidine rings is 1. The predicted molar refractivity (Wildman–Crippen MR) is 97.4 cm³/mol. The molecule has 0 aromatic carbocycles. The van der Waals surface area contributed by atoms with E-state index in [-0.39, 0.29) is 5.92 Å². The van der Waals surface area contributed by atoms with Crippen molar-refractivity contribution in [1.82, 2.24) is 19.8 Å². The molecule has 136 valence electrons. The molecule has 25 heavy (non-hydrogen) atoms. The van der Waals surface area contributed by atoms with Crippen LogP contribution in [0.1, 0.15) is 38.5 Å². The van der Waals surface area contributed by atoms with Gasteiger partial charge in [-0.15, -0.1) is 0 Å². The van der Waals surface area contributed by atoms with Crippen molar-refractivity contribution in [3.63, 3.8) is 0 Å². The number of nitrogens with zero attached hydrogens (tertiary/aromatic N) is 5. The van der Waals surface area contributed by atoms with Crippen molar-refractivity contribution in [2.45, 2.75) is 50.6 Å². The normalized spacial score (nSPS) is 28.7. The number of aromatic nitrogens is 2. The summed E-state index contributed by atoms with van der Waals surface area (Å²) in [5.74, 6) is 1.52. The smallest absolute Gasteiger partial charge is 0.226 e. The molecule has 3 aliphatic rings. The minimum Gasteiger partial charge on any atom is -0.355 e. The van der Waals surface area contributed by atoms with Crippen LogP contribution >= 0.6 is 0 Å². The van der Waals surface area contributed by atoms with Crippen molar-refractivity contribution in [3.05, 3.63) is 18.6 Å². The molecule has 0 N–H and O–H groups in total. The molecule has 0 spiro atoms. The summed E-state index contributed by atoms with van der Waals surface area (Å²) in [6, 6.07) is 1.02. The highest BCUT2D eigenvalue weighted by Gasteiger charge is 2.40. The molecule has 0 bridgehead atoms. The van der Waals surface area contributed by atoms with Gasteiger partial charge in [0.05, 0.1) is 6.20 Å². The van der Waals surface area contributed by atoms with Crippen molar-refractivity contribution in [3.8, 4) is 0 Å². The molecule has 4 heterocycles. The molecule has 2 unspecified atom stereocenters. The molecule has 4 rings (SSSR count). The fourth-order valence-corrected chi connectivity index (χ4v) is 4.93. The number of carbonyl (C=O) groups is 1. The Morgan fingerprint density at radius 1 is 1.00 bits per heavy atom. The Morgan fingerprint density at radius 3 is 2.44 bits per heavy atom. The maximum atomic E-state index is 13.2. The third kappa shape index (κ3) is 3.36. The lowest BCUT2D eigenvalue weighted by molar-refractivity contribution is -0.138. The molecular weight excluding hydrogens is 314 g/mol. The Kier molecular flexibility index (Phi) is 4.88. The van der Waals surface area contributed by atoms with E-state index in [1.807, 2.05) is 6.20 Å². The van der Waals surface area contributed by atoms with Crippen LogP contribution in [0.2, 0.25) is 0 Å². The molecule has 3 aliphatic heterocycles. The molecule has 3 fully saturated rings. The van der Waals surface area contributed by atoms with Crippen LogP contribution in [-0.2, 0) is 4.79 Å². The minimum absolute atomic E-state index is 0.181. The van der Waals surface area contributed by atoms with E-state index >= 15 is 0 Å². The van der Waals surface area contributed by atoms with E-state index in [4.69, 9.17) is 0 Å². The maximum absolute atomic E-state index is 13.2. The van der Waals surface area contributed by atoms with Gasteiger partial charge in [-0.2, -0.15) is 0 Å². The molecule has 1 aromatic rings. The summed E-state index contributed by atoms with van der Waals surface area (Å²) in [6.45, 7) is 3.94. The molecule has 2 atom stereocenters. The third-order valence-corrected chi connectivity index (χ3v) is 6.32. The second-order valence-corrected chi connectivity index (χ2v) is 7.76. The number of rotatable bonds is 3. The van der Waals surface area contributed by atoms with Gasteiger partial charge in [-0.25, -0.2) is 4.98 Å². The Balaban J connectivity index is 1.37. The van der Waals surface area contributed by atoms with E-state index < -0.39 is 0 Å². The van der Waals surface area contributed by atoms with Crippen molar-refractivity contribution in [2.75, 3.05) is 38.1 Å². The van der Waals surface area contributed by atoms with E-state index in [0.717, 1.165) is 38.3 Å². The molecule has 0 saturated carbocycles. The number of likely N-dealkylation sites (N-methyl/N-ethyl adjacent to an activating group) is 1. The summed E-state index contributed by atoms with van der Waals surface area (Å²) in [7, 11) is 2.22. The number of hydrogen-bond donors (Lipinski definition) is 0. The average Bonchev–Trinajstić information content (AvgIpc) is 3.30. The fourth-order valence-electron chi connectivity index (χ4n) is 4.93. The first-order valence-electron chi connectivity index (χ1n) is 9.76. The van der Waals surface area contributed by atoms with Gasteiger partial charge in [0.15, 0.2) is 0 Å². The van der Waals surface area contributed by atoms with Crippen LogP contribution in [0.15, 0.2) is 18.6 Å². The van der Waals surface area contributed by atoms with Gasteiger partial charge in [-0.05, 0) is 52.1 Å². The first-order chi connectivity index (χ1) is 12.2. The molecule has 3 saturated heterocycles.